The average molecular weight is 692 g/mol. The minimum absolute atomic E-state index is 0.503. The molecule has 1 nitrogen and oxygen atoms in total. The van der Waals surface area contributed by atoms with Gasteiger partial charge in [0.25, 0.3) is 0 Å². The molecule has 0 radical (unpaired) electrons. The van der Waals surface area contributed by atoms with Crippen LogP contribution in [0.3, 0.4) is 0 Å². The first-order valence-corrected chi connectivity index (χ1v) is 19.3. The minimum Gasteiger partial charge on any atom is -0.310 e. The highest BCUT2D eigenvalue weighted by atomic mass is 15.1. The normalized spacial score (nSPS) is 13.8. The van der Waals surface area contributed by atoms with Gasteiger partial charge in [-0.15, -0.1) is 0 Å². The molecule has 2 aliphatic carbocycles. The lowest BCUT2D eigenvalue weighted by Crippen LogP contribution is -2.28. The number of benzene rings is 8. The first-order chi connectivity index (χ1) is 26.8. The van der Waals surface area contributed by atoms with E-state index < -0.39 is 5.41 Å². The van der Waals surface area contributed by atoms with Crippen molar-refractivity contribution in [1.82, 2.24) is 0 Å². The molecule has 1 heteroatoms. The van der Waals surface area contributed by atoms with Crippen LogP contribution >= 0.6 is 0 Å². The molecule has 2 aliphatic rings. The topological polar surface area (TPSA) is 3.24 Å². The number of rotatable bonds is 7. The molecule has 258 valence electrons. The standard InChI is InChI=1S/C53H41N/c1-5-18-38(19-6-1)39-32-34-44(35-33-39)54(43-26-11-4-12-27-43)52-37-51-48(36-49(52)46-30-17-21-40-20-13-14-28-45(40)46)47-29-15-16-31-50(47)53(51,41-22-7-2-8-23-41)42-24-9-3-10-25-42/h1-12,15-19,21-27,29-37H,13-14,20,28H2. The van der Waals surface area contributed by atoms with E-state index in [9.17, 15) is 0 Å². The van der Waals surface area contributed by atoms with Crippen molar-refractivity contribution in [1.29, 1.82) is 0 Å². The number of aryl methyl sites for hydroxylation is 1. The van der Waals surface area contributed by atoms with Crippen molar-refractivity contribution >= 4 is 17.1 Å². The van der Waals surface area contributed by atoms with E-state index in [1.165, 1.54) is 85.3 Å². The van der Waals surface area contributed by atoms with E-state index in [0.717, 1.165) is 24.2 Å². The second-order valence-corrected chi connectivity index (χ2v) is 14.7. The Labute approximate surface area is 318 Å². The molecule has 0 saturated heterocycles. The van der Waals surface area contributed by atoms with Crippen molar-refractivity contribution in [3.8, 4) is 33.4 Å². The summed E-state index contributed by atoms with van der Waals surface area (Å²) in [5.74, 6) is 0. The minimum atomic E-state index is -0.503. The van der Waals surface area contributed by atoms with Crippen LogP contribution in [0.15, 0.2) is 200 Å². The zero-order valence-electron chi connectivity index (χ0n) is 30.3. The molecule has 0 N–H and O–H groups in total. The maximum atomic E-state index is 2.55. The van der Waals surface area contributed by atoms with Gasteiger partial charge in [-0.25, -0.2) is 0 Å². The fraction of sp³-hybridized carbons (Fsp3) is 0.0943. The van der Waals surface area contributed by atoms with Crippen LogP contribution in [-0.4, -0.2) is 0 Å². The molecule has 0 spiro atoms. The van der Waals surface area contributed by atoms with E-state index in [-0.39, 0.29) is 0 Å². The summed E-state index contributed by atoms with van der Waals surface area (Å²) in [7, 11) is 0. The Hall–Kier alpha value is -6.44. The summed E-state index contributed by atoms with van der Waals surface area (Å²) in [6, 6.07) is 74.2. The van der Waals surface area contributed by atoms with Crippen molar-refractivity contribution in [2.75, 3.05) is 4.90 Å². The van der Waals surface area contributed by atoms with Crippen LogP contribution in [-0.2, 0) is 18.3 Å². The van der Waals surface area contributed by atoms with Crippen LogP contribution in [0, 0.1) is 0 Å². The molecule has 0 fully saturated rings. The van der Waals surface area contributed by atoms with Crippen LogP contribution < -0.4 is 4.90 Å². The van der Waals surface area contributed by atoms with Gasteiger partial charge in [0.15, 0.2) is 0 Å². The van der Waals surface area contributed by atoms with Crippen LogP contribution in [0.4, 0.5) is 17.1 Å². The second-order valence-electron chi connectivity index (χ2n) is 14.7. The maximum Gasteiger partial charge on any atom is 0.0714 e. The first kappa shape index (κ1) is 32.2. The lowest BCUT2D eigenvalue weighted by atomic mass is 9.67. The third-order valence-corrected chi connectivity index (χ3v) is 11.7. The SMILES string of the molecule is c1ccc(-c2ccc(N(c3ccccc3)c3cc4c(cc3-c3cccc5c3CCCC5)-c3ccccc3C4(c3ccccc3)c3ccccc3)cc2)cc1. The number of hydrogen-bond acceptors (Lipinski definition) is 1. The third kappa shape index (κ3) is 5.23. The van der Waals surface area contributed by atoms with Gasteiger partial charge in [-0.1, -0.05) is 164 Å². The van der Waals surface area contributed by atoms with E-state index in [1.54, 1.807) is 0 Å². The van der Waals surface area contributed by atoms with Gasteiger partial charge in [0.05, 0.1) is 11.1 Å². The van der Waals surface area contributed by atoms with Crippen molar-refractivity contribution in [2.24, 2.45) is 0 Å². The monoisotopic (exact) mass is 691 g/mol. The Balaban J connectivity index is 1.31. The summed E-state index contributed by atoms with van der Waals surface area (Å²) >= 11 is 0. The molecule has 8 aromatic carbocycles. The zero-order valence-corrected chi connectivity index (χ0v) is 30.3. The summed E-state index contributed by atoms with van der Waals surface area (Å²) in [6.07, 6.45) is 4.72. The number of anilines is 3. The van der Waals surface area contributed by atoms with Crippen LogP contribution in [0.2, 0.25) is 0 Å². The van der Waals surface area contributed by atoms with E-state index in [2.05, 4.69) is 205 Å². The number of para-hydroxylation sites is 1. The third-order valence-electron chi connectivity index (χ3n) is 11.7. The van der Waals surface area contributed by atoms with Crippen molar-refractivity contribution in [3.63, 3.8) is 0 Å². The molecule has 54 heavy (non-hydrogen) atoms. The molecule has 0 aliphatic heterocycles. The van der Waals surface area contributed by atoms with Gasteiger partial charge < -0.3 is 4.90 Å². The zero-order chi connectivity index (χ0) is 35.9. The van der Waals surface area contributed by atoms with Crippen molar-refractivity contribution < 1.29 is 0 Å². The van der Waals surface area contributed by atoms with Gasteiger partial charge in [-0.3, -0.25) is 0 Å². The Morgan fingerprint density at radius 3 is 1.63 bits per heavy atom. The van der Waals surface area contributed by atoms with Gasteiger partial charge in [0, 0.05) is 16.9 Å². The van der Waals surface area contributed by atoms with Crippen LogP contribution in [0.5, 0.6) is 0 Å². The van der Waals surface area contributed by atoms with E-state index in [0.29, 0.717) is 0 Å². The smallest absolute Gasteiger partial charge is 0.0714 e. The molecule has 10 rings (SSSR count). The van der Waals surface area contributed by atoms with Gasteiger partial charge >= 0.3 is 0 Å². The molecule has 8 aromatic rings. The highest BCUT2D eigenvalue weighted by Crippen LogP contribution is 2.59. The molecule has 0 unspecified atom stereocenters. The Kier molecular flexibility index (Phi) is 8.07. The summed E-state index contributed by atoms with van der Waals surface area (Å²) in [5.41, 5.74) is 18.8. The van der Waals surface area contributed by atoms with E-state index in [1.807, 2.05) is 0 Å². The maximum absolute atomic E-state index is 2.55. The quantitative estimate of drug-likeness (QED) is 0.161. The lowest BCUT2D eigenvalue weighted by Gasteiger charge is -2.35. The molecular formula is C53H41N. The summed E-state index contributed by atoms with van der Waals surface area (Å²) in [4.78, 5) is 2.50. The Bertz CT molecular complexity index is 2530. The van der Waals surface area contributed by atoms with Crippen LogP contribution in [0.1, 0.15) is 46.2 Å². The summed E-state index contributed by atoms with van der Waals surface area (Å²) < 4.78 is 0. The van der Waals surface area contributed by atoms with Gasteiger partial charge in [-0.2, -0.15) is 0 Å². The molecule has 0 heterocycles. The fourth-order valence-corrected chi connectivity index (χ4v) is 9.35. The van der Waals surface area contributed by atoms with E-state index in [4.69, 9.17) is 0 Å². The van der Waals surface area contributed by atoms with Crippen molar-refractivity contribution in [2.45, 2.75) is 31.1 Å². The van der Waals surface area contributed by atoms with Gasteiger partial charge in [-0.05, 0) is 123 Å². The summed E-state index contributed by atoms with van der Waals surface area (Å²) in [6.45, 7) is 0. The number of hydrogen-bond donors (Lipinski definition) is 0. The molecular weight excluding hydrogens is 651 g/mol. The van der Waals surface area contributed by atoms with Gasteiger partial charge in [0.2, 0.25) is 0 Å². The highest BCUT2D eigenvalue weighted by Gasteiger charge is 2.47. The number of nitrogens with zero attached hydrogens (tertiary/aromatic N) is 1. The van der Waals surface area contributed by atoms with Gasteiger partial charge in [0.1, 0.15) is 0 Å². The van der Waals surface area contributed by atoms with Crippen molar-refractivity contribution in [3.05, 3.63) is 234 Å². The predicted molar refractivity (Wildman–Crippen MR) is 226 cm³/mol. The molecule has 0 bridgehead atoms. The number of fused-ring (bicyclic) bond motifs is 4. The second kappa shape index (κ2) is 13.5. The predicted octanol–water partition coefficient (Wildman–Crippen LogP) is 13.7. The molecule has 0 amide bonds. The molecule has 0 saturated carbocycles. The molecule has 0 aromatic heterocycles. The fourth-order valence-electron chi connectivity index (χ4n) is 9.35. The largest absolute Gasteiger partial charge is 0.310 e. The summed E-state index contributed by atoms with van der Waals surface area (Å²) in [5, 5.41) is 0. The molecule has 0 atom stereocenters. The lowest BCUT2D eigenvalue weighted by molar-refractivity contribution is 0.687. The average Bonchev–Trinajstić information content (AvgIpc) is 3.55. The highest BCUT2D eigenvalue weighted by molar-refractivity contribution is 5.97. The van der Waals surface area contributed by atoms with Crippen LogP contribution in [0.25, 0.3) is 33.4 Å². The Morgan fingerprint density at radius 1 is 0.370 bits per heavy atom. The Morgan fingerprint density at radius 2 is 0.926 bits per heavy atom. The van der Waals surface area contributed by atoms with E-state index >= 15 is 0 Å². The first-order valence-electron chi connectivity index (χ1n) is 19.3.